The summed E-state index contributed by atoms with van der Waals surface area (Å²) < 4.78 is 0. The molecule has 2 unspecified atom stereocenters. The molecule has 1 aromatic carbocycles. The van der Waals surface area contributed by atoms with Crippen LogP contribution in [0.1, 0.15) is 38.2 Å². The standard InChI is InChI=1S/C16H22Cl2N2/c1-2-19-12-8-13-4-5-14(9-12)20(13)10-11-3-6-15(17)16(18)7-11/h3,6-7,12-14,19H,2,4-5,8-10H2,1H3. The Kier molecular flexibility index (Phi) is 4.56. The van der Waals surface area contributed by atoms with Crippen molar-refractivity contribution >= 4 is 23.2 Å². The summed E-state index contributed by atoms with van der Waals surface area (Å²) in [6.07, 6.45) is 5.25. The van der Waals surface area contributed by atoms with Crippen molar-refractivity contribution in [2.75, 3.05) is 6.54 Å². The highest BCUT2D eigenvalue weighted by atomic mass is 35.5. The van der Waals surface area contributed by atoms with E-state index in [1.165, 1.54) is 31.2 Å². The van der Waals surface area contributed by atoms with E-state index in [-0.39, 0.29) is 0 Å². The number of hydrogen-bond acceptors (Lipinski definition) is 2. The number of halogens is 2. The summed E-state index contributed by atoms with van der Waals surface area (Å²) in [4.78, 5) is 2.67. The molecule has 0 spiro atoms. The smallest absolute Gasteiger partial charge is 0.0595 e. The Morgan fingerprint density at radius 2 is 1.85 bits per heavy atom. The molecule has 0 amide bonds. The van der Waals surface area contributed by atoms with Gasteiger partial charge in [-0.25, -0.2) is 0 Å². The van der Waals surface area contributed by atoms with Crippen molar-refractivity contribution in [3.8, 4) is 0 Å². The van der Waals surface area contributed by atoms with E-state index in [4.69, 9.17) is 23.2 Å². The third-order valence-electron chi connectivity index (χ3n) is 4.73. The van der Waals surface area contributed by atoms with Crippen molar-refractivity contribution in [2.45, 2.75) is 57.3 Å². The molecular formula is C16H22Cl2N2. The number of fused-ring (bicyclic) bond motifs is 2. The Bertz CT molecular complexity index is 464. The first-order chi connectivity index (χ1) is 9.67. The molecule has 2 aliphatic heterocycles. The highest BCUT2D eigenvalue weighted by Crippen LogP contribution is 2.37. The van der Waals surface area contributed by atoms with E-state index >= 15 is 0 Å². The molecule has 2 nitrogen and oxygen atoms in total. The number of benzene rings is 1. The van der Waals surface area contributed by atoms with Crippen LogP contribution in [0.3, 0.4) is 0 Å². The lowest BCUT2D eigenvalue weighted by Gasteiger charge is -2.39. The van der Waals surface area contributed by atoms with Crippen molar-refractivity contribution in [3.05, 3.63) is 33.8 Å². The van der Waals surface area contributed by atoms with Crippen LogP contribution < -0.4 is 5.32 Å². The summed E-state index contributed by atoms with van der Waals surface area (Å²) in [5, 5.41) is 4.93. The molecule has 0 saturated carbocycles. The average molecular weight is 313 g/mol. The lowest BCUT2D eigenvalue weighted by Crippen LogP contribution is -2.48. The maximum atomic E-state index is 6.12. The van der Waals surface area contributed by atoms with Crippen LogP contribution in [0.4, 0.5) is 0 Å². The predicted octanol–water partition coefficient (Wildman–Crippen LogP) is 4.10. The molecule has 4 heteroatoms. The van der Waals surface area contributed by atoms with E-state index < -0.39 is 0 Å². The highest BCUT2D eigenvalue weighted by Gasteiger charge is 2.40. The Hall–Kier alpha value is -0.280. The van der Waals surface area contributed by atoms with Gasteiger partial charge in [0.25, 0.3) is 0 Å². The molecule has 0 aliphatic carbocycles. The molecule has 3 rings (SSSR count). The lowest BCUT2D eigenvalue weighted by molar-refractivity contribution is 0.110. The molecule has 1 aromatic rings. The average Bonchev–Trinajstić information content (AvgIpc) is 2.66. The third-order valence-corrected chi connectivity index (χ3v) is 5.47. The molecule has 2 saturated heterocycles. The normalized spacial score (nSPS) is 29.9. The maximum Gasteiger partial charge on any atom is 0.0595 e. The van der Waals surface area contributed by atoms with Gasteiger partial charge in [0, 0.05) is 24.7 Å². The van der Waals surface area contributed by atoms with E-state index in [0.717, 1.165) is 25.2 Å². The van der Waals surface area contributed by atoms with Crippen molar-refractivity contribution in [1.29, 1.82) is 0 Å². The quantitative estimate of drug-likeness (QED) is 0.900. The Morgan fingerprint density at radius 1 is 1.15 bits per heavy atom. The summed E-state index contributed by atoms with van der Waals surface area (Å²) in [7, 11) is 0. The van der Waals surface area contributed by atoms with Gasteiger partial charge in [-0.15, -0.1) is 0 Å². The minimum absolute atomic E-state index is 0.643. The fourth-order valence-corrected chi connectivity index (χ4v) is 4.16. The summed E-state index contributed by atoms with van der Waals surface area (Å²) in [6.45, 7) is 4.28. The van der Waals surface area contributed by atoms with Gasteiger partial charge in [0.15, 0.2) is 0 Å². The summed E-state index contributed by atoms with van der Waals surface area (Å²) in [6, 6.07) is 8.19. The molecule has 1 N–H and O–H groups in total. The van der Waals surface area contributed by atoms with Crippen molar-refractivity contribution < 1.29 is 0 Å². The zero-order valence-corrected chi connectivity index (χ0v) is 13.4. The Morgan fingerprint density at radius 3 is 2.45 bits per heavy atom. The van der Waals surface area contributed by atoms with Gasteiger partial charge in [0.1, 0.15) is 0 Å². The SMILES string of the molecule is CCNC1CC2CCC(C1)N2Cc1ccc(Cl)c(Cl)c1. The largest absolute Gasteiger partial charge is 0.314 e. The molecule has 2 heterocycles. The van der Waals surface area contributed by atoms with Crippen LogP contribution in [-0.4, -0.2) is 29.6 Å². The van der Waals surface area contributed by atoms with E-state index in [9.17, 15) is 0 Å². The molecule has 2 aliphatic rings. The van der Waals surface area contributed by atoms with Gasteiger partial charge < -0.3 is 5.32 Å². The number of hydrogen-bond donors (Lipinski definition) is 1. The fourth-order valence-electron chi connectivity index (χ4n) is 3.84. The van der Waals surface area contributed by atoms with Gasteiger partial charge in [-0.05, 0) is 49.9 Å². The first-order valence-corrected chi connectivity index (χ1v) is 8.36. The molecule has 2 fully saturated rings. The molecule has 110 valence electrons. The highest BCUT2D eigenvalue weighted by molar-refractivity contribution is 6.42. The fraction of sp³-hybridized carbons (Fsp3) is 0.625. The molecule has 0 radical (unpaired) electrons. The van der Waals surface area contributed by atoms with Gasteiger partial charge in [0.2, 0.25) is 0 Å². The monoisotopic (exact) mass is 312 g/mol. The first-order valence-electron chi connectivity index (χ1n) is 7.60. The van der Waals surface area contributed by atoms with Gasteiger partial charge in [-0.2, -0.15) is 0 Å². The first kappa shape index (κ1) is 14.6. The third kappa shape index (κ3) is 2.99. The lowest BCUT2D eigenvalue weighted by atomic mass is 9.96. The number of nitrogens with zero attached hydrogens (tertiary/aromatic N) is 1. The van der Waals surface area contributed by atoms with Gasteiger partial charge in [0.05, 0.1) is 10.0 Å². The topological polar surface area (TPSA) is 15.3 Å². The number of piperidine rings is 1. The summed E-state index contributed by atoms with van der Waals surface area (Å²) in [5.74, 6) is 0. The molecule has 2 atom stereocenters. The zero-order valence-electron chi connectivity index (χ0n) is 11.9. The Balaban J connectivity index is 1.68. The minimum Gasteiger partial charge on any atom is -0.314 e. The van der Waals surface area contributed by atoms with Crippen LogP contribution in [0.25, 0.3) is 0 Å². The summed E-state index contributed by atoms with van der Waals surface area (Å²) in [5.41, 5.74) is 1.28. The maximum absolute atomic E-state index is 6.12. The molecule has 0 aromatic heterocycles. The van der Waals surface area contributed by atoms with Crippen molar-refractivity contribution in [1.82, 2.24) is 10.2 Å². The van der Waals surface area contributed by atoms with Crippen LogP contribution in [0.5, 0.6) is 0 Å². The van der Waals surface area contributed by atoms with E-state index in [1.807, 2.05) is 12.1 Å². The van der Waals surface area contributed by atoms with Gasteiger partial charge in [-0.3, -0.25) is 4.90 Å². The van der Waals surface area contributed by atoms with Crippen LogP contribution in [0.2, 0.25) is 10.0 Å². The van der Waals surface area contributed by atoms with Crippen molar-refractivity contribution in [3.63, 3.8) is 0 Å². The molecular weight excluding hydrogens is 291 g/mol. The van der Waals surface area contributed by atoms with Crippen LogP contribution in [0, 0.1) is 0 Å². The van der Waals surface area contributed by atoms with Crippen molar-refractivity contribution in [2.24, 2.45) is 0 Å². The molecule has 20 heavy (non-hydrogen) atoms. The van der Waals surface area contributed by atoms with Crippen LogP contribution >= 0.6 is 23.2 Å². The second kappa shape index (κ2) is 6.23. The van der Waals surface area contributed by atoms with Crippen LogP contribution in [-0.2, 0) is 6.54 Å². The number of rotatable bonds is 4. The Labute approximate surface area is 131 Å². The van der Waals surface area contributed by atoms with Crippen LogP contribution in [0.15, 0.2) is 18.2 Å². The van der Waals surface area contributed by atoms with E-state index in [0.29, 0.717) is 16.1 Å². The predicted molar refractivity (Wildman–Crippen MR) is 85.5 cm³/mol. The van der Waals surface area contributed by atoms with Gasteiger partial charge in [-0.1, -0.05) is 36.2 Å². The van der Waals surface area contributed by atoms with E-state index in [2.05, 4.69) is 23.2 Å². The van der Waals surface area contributed by atoms with E-state index in [1.54, 1.807) is 0 Å². The molecule has 2 bridgehead atoms. The van der Waals surface area contributed by atoms with Gasteiger partial charge >= 0.3 is 0 Å². The minimum atomic E-state index is 0.643. The number of nitrogens with one attached hydrogen (secondary N) is 1. The zero-order chi connectivity index (χ0) is 14.1. The second-order valence-electron chi connectivity index (χ2n) is 6.03. The summed E-state index contributed by atoms with van der Waals surface area (Å²) >= 11 is 12.1. The second-order valence-corrected chi connectivity index (χ2v) is 6.85.